The van der Waals surface area contributed by atoms with E-state index in [0.29, 0.717) is 5.69 Å². The summed E-state index contributed by atoms with van der Waals surface area (Å²) in [5, 5.41) is 27.8. The van der Waals surface area contributed by atoms with Crippen molar-refractivity contribution in [3.8, 4) is 23.1 Å². The highest BCUT2D eigenvalue weighted by atomic mass is 16.3. The topological polar surface area (TPSA) is 73.0 Å². The van der Waals surface area contributed by atoms with E-state index in [1.165, 1.54) is 0 Å². The van der Waals surface area contributed by atoms with E-state index in [1.54, 1.807) is 6.07 Å². The lowest BCUT2D eigenvalue weighted by molar-refractivity contribution is 0.476. The van der Waals surface area contributed by atoms with Crippen molar-refractivity contribution >= 4 is 5.82 Å². The fourth-order valence-corrected chi connectivity index (χ4v) is 3.14. The van der Waals surface area contributed by atoms with E-state index in [4.69, 9.17) is 5.26 Å². The van der Waals surface area contributed by atoms with Crippen molar-refractivity contribution in [2.45, 2.75) is 26.7 Å². The molecule has 2 aromatic rings. The van der Waals surface area contributed by atoms with Gasteiger partial charge in [-0.25, -0.2) is 0 Å². The third-order valence-electron chi connectivity index (χ3n) is 4.37. The number of aryl methyl sites for hydroxylation is 2. The summed E-state index contributed by atoms with van der Waals surface area (Å²) in [5.41, 5.74) is 3.42. The van der Waals surface area contributed by atoms with Gasteiger partial charge in [-0.2, -0.15) is 5.26 Å². The van der Waals surface area contributed by atoms with Gasteiger partial charge in [0.25, 0.3) is 0 Å². The Morgan fingerprint density at radius 3 is 2.48 bits per heavy atom. The molecule has 0 unspecified atom stereocenters. The van der Waals surface area contributed by atoms with E-state index in [9.17, 15) is 5.11 Å². The molecule has 3 rings (SSSR count). The molecule has 1 aromatic carbocycles. The van der Waals surface area contributed by atoms with Gasteiger partial charge in [0, 0.05) is 24.6 Å². The Labute approximate surface area is 136 Å². The molecule has 1 fully saturated rings. The number of aromatic nitrogens is 2. The largest absolute Gasteiger partial charge is 0.507 e. The molecule has 5 nitrogen and oxygen atoms in total. The quantitative estimate of drug-likeness (QED) is 0.922. The SMILES string of the molecule is Cc1cc(C)c(-c2ccc(N3CCC(C#N)CC3)nn2)c(O)c1. The molecule has 0 radical (unpaired) electrons. The number of hydrogen-bond donors (Lipinski definition) is 1. The van der Waals surface area contributed by atoms with E-state index >= 15 is 0 Å². The second-order valence-electron chi connectivity index (χ2n) is 6.14. The number of rotatable bonds is 2. The van der Waals surface area contributed by atoms with Crippen molar-refractivity contribution in [1.29, 1.82) is 5.26 Å². The van der Waals surface area contributed by atoms with Gasteiger partial charge >= 0.3 is 0 Å². The zero-order chi connectivity index (χ0) is 16.4. The minimum absolute atomic E-state index is 0.158. The highest BCUT2D eigenvalue weighted by molar-refractivity contribution is 5.71. The molecule has 0 bridgehead atoms. The van der Waals surface area contributed by atoms with Gasteiger partial charge in [-0.3, -0.25) is 0 Å². The standard InChI is InChI=1S/C18H20N4O/c1-12-9-13(2)18(16(23)10-12)15-3-4-17(21-20-15)22-7-5-14(11-19)6-8-22/h3-4,9-10,14,23H,5-8H2,1-2H3. The predicted molar refractivity (Wildman–Crippen MR) is 89.2 cm³/mol. The highest BCUT2D eigenvalue weighted by Gasteiger charge is 2.20. The summed E-state index contributed by atoms with van der Waals surface area (Å²) < 4.78 is 0. The average Bonchev–Trinajstić information content (AvgIpc) is 2.55. The molecule has 2 heterocycles. The van der Waals surface area contributed by atoms with Gasteiger partial charge in [0.15, 0.2) is 5.82 Å². The first kappa shape index (κ1) is 15.3. The molecule has 0 aliphatic carbocycles. The molecular weight excluding hydrogens is 288 g/mol. The minimum atomic E-state index is 0.158. The molecule has 1 aliphatic heterocycles. The zero-order valence-corrected chi connectivity index (χ0v) is 13.5. The Morgan fingerprint density at radius 1 is 1.17 bits per heavy atom. The Kier molecular flexibility index (Phi) is 4.16. The third kappa shape index (κ3) is 3.11. The fourth-order valence-electron chi connectivity index (χ4n) is 3.14. The molecule has 5 heteroatoms. The first-order valence-electron chi connectivity index (χ1n) is 7.87. The third-order valence-corrected chi connectivity index (χ3v) is 4.37. The van der Waals surface area contributed by atoms with Crippen LogP contribution < -0.4 is 4.90 Å². The van der Waals surface area contributed by atoms with Crippen LogP contribution in [0.3, 0.4) is 0 Å². The molecule has 1 aromatic heterocycles. The summed E-state index contributed by atoms with van der Waals surface area (Å²) in [6.45, 7) is 5.59. The number of piperidine rings is 1. The second-order valence-corrected chi connectivity index (χ2v) is 6.14. The number of phenolic OH excluding ortho intramolecular Hbond substituents is 1. The minimum Gasteiger partial charge on any atom is -0.507 e. The monoisotopic (exact) mass is 308 g/mol. The zero-order valence-electron chi connectivity index (χ0n) is 13.5. The smallest absolute Gasteiger partial charge is 0.151 e. The number of anilines is 1. The lowest BCUT2D eigenvalue weighted by Crippen LogP contribution is -2.33. The van der Waals surface area contributed by atoms with Gasteiger partial charge in [-0.15, -0.1) is 10.2 Å². The Balaban J connectivity index is 1.82. The number of aromatic hydroxyl groups is 1. The van der Waals surface area contributed by atoms with Crippen molar-refractivity contribution in [3.05, 3.63) is 35.4 Å². The van der Waals surface area contributed by atoms with Crippen LogP contribution in [0.25, 0.3) is 11.3 Å². The maximum atomic E-state index is 10.2. The maximum absolute atomic E-state index is 10.2. The van der Waals surface area contributed by atoms with Gasteiger partial charge in [-0.05, 0) is 56.0 Å². The van der Waals surface area contributed by atoms with Gasteiger partial charge in [0.1, 0.15) is 5.75 Å². The molecule has 1 saturated heterocycles. The van der Waals surface area contributed by atoms with Gasteiger partial charge in [0.05, 0.1) is 11.8 Å². The average molecular weight is 308 g/mol. The van der Waals surface area contributed by atoms with Gasteiger partial charge < -0.3 is 10.0 Å². The van der Waals surface area contributed by atoms with Crippen LogP contribution in [-0.4, -0.2) is 28.4 Å². The Morgan fingerprint density at radius 2 is 1.91 bits per heavy atom. The van der Waals surface area contributed by atoms with E-state index in [1.807, 2.05) is 32.0 Å². The van der Waals surface area contributed by atoms with Crippen molar-refractivity contribution < 1.29 is 5.11 Å². The molecule has 1 N–H and O–H groups in total. The summed E-state index contributed by atoms with van der Waals surface area (Å²) in [6, 6.07) is 9.94. The lowest BCUT2D eigenvalue weighted by Gasteiger charge is -2.29. The highest BCUT2D eigenvalue weighted by Crippen LogP contribution is 2.32. The second kappa shape index (κ2) is 6.25. The number of benzene rings is 1. The predicted octanol–water partition coefficient (Wildman–Crippen LogP) is 3.21. The van der Waals surface area contributed by atoms with Crippen molar-refractivity contribution in [2.24, 2.45) is 5.92 Å². The van der Waals surface area contributed by atoms with Crippen LogP contribution >= 0.6 is 0 Å². The normalized spacial score (nSPS) is 15.4. The molecule has 0 amide bonds. The van der Waals surface area contributed by atoms with Gasteiger partial charge in [0.2, 0.25) is 0 Å². The molecule has 0 atom stereocenters. The number of hydrogen-bond acceptors (Lipinski definition) is 5. The molecular formula is C18H20N4O. The first-order valence-corrected chi connectivity index (χ1v) is 7.87. The molecule has 0 spiro atoms. The summed E-state index contributed by atoms with van der Waals surface area (Å²) in [4.78, 5) is 2.16. The van der Waals surface area contributed by atoms with Crippen LogP contribution in [0.5, 0.6) is 5.75 Å². The Bertz CT molecular complexity index is 718. The molecule has 23 heavy (non-hydrogen) atoms. The van der Waals surface area contributed by atoms with Crippen LogP contribution in [0.15, 0.2) is 24.3 Å². The Hall–Kier alpha value is -2.61. The van der Waals surface area contributed by atoms with Crippen LogP contribution in [-0.2, 0) is 0 Å². The van der Waals surface area contributed by atoms with E-state index < -0.39 is 0 Å². The number of phenols is 1. The van der Waals surface area contributed by atoms with E-state index in [0.717, 1.165) is 48.4 Å². The fraction of sp³-hybridized carbons (Fsp3) is 0.389. The maximum Gasteiger partial charge on any atom is 0.151 e. The van der Waals surface area contributed by atoms with Crippen molar-refractivity contribution in [3.63, 3.8) is 0 Å². The van der Waals surface area contributed by atoms with Gasteiger partial charge in [-0.1, -0.05) is 6.07 Å². The van der Waals surface area contributed by atoms with E-state index in [-0.39, 0.29) is 11.7 Å². The van der Waals surface area contributed by atoms with Crippen LogP contribution in [0.4, 0.5) is 5.82 Å². The first-order chi connectivity index (χ1) is 11.1. The number of nitriles is 1. The molecule has 1 aliphatic rings. The van der Waals surface area contributed by atoms with Crippen molar-refractivity contribution in [1.82, 2.24) is 10.2 Å². The molecule has 118 valence electrons. The van der Waals surface area contributed by atoms with Crippen LogP contribution in [0.2, 0.25) is 0 Å². The summed E-state index contributed by atoms with van der Waals surface area (Å²) in [7, 11) is 0. The lowest BCUT2D eigenvalue weighted by atomic mass is 9.98. The van der Waals surface area contributed by atoms with Crippen LogP contribution in [0, 0.1) is 31.1 Å². The summed E-state index contributed by atoms with van der Waals surface area (Å²) >= 11 is 0. The summed E-state index contributed by atoms with van der Waals surface area (Å²) in [6.07, 6.45) is 1.75. The van der Waals surface area contributed by atoms with Crippen molar-refractivity contribution in [2.75, 3.05) is 18.0 Å². The molecule has 0 saturated carbocycles. The van der Waals surface area contributed by atoms with Crippen LogP contribution in [0.1, 0.15) is 24.0 Å². The number of nitrogens with zero attached hydrogens (tertiary/aromatic N) is 4. The van der Waals surface area contributed by atoms with E-state index in [2.05, 4.69) is 21.2 Å². The summed E-state index contributed by atoms with van der Waals surface area (Å²) in [5.74, 6) is 1.22.